The maximum absolute atomic E-state index is 13.1. The summed E-state index contributed by atoms with van der Waals surface area (Å²) in [5.41, 5.74) is 4.18. The average molecular weight is 541 g/mol. The van der Waals surface area contributed by atoms with Crippen molar-refractivity contribution in [1.82, 2.24) is 9.80 Å². The SMILES string of the molecule is CN1CCN(CC(=O)N(C)c2ccc(N=C(c3ccccc3)C3C(=O)Nc4cc(Cl)ccc43)cc2C#N)CC1. The van der Waals surface area contributed by atoms with E-state index >= 15 is 0 Å². The number of nitrogens with one attached hydrogen (secondary N) is 1. The molecule has 2 amide bonds. The fourth-order valence-corrected chi connectivity index (χ4v) is 5.14. The van der Waals surface area contributed by atoms with Crippen molar-refractivity contribution in [2.24, 2.45) is 4.99 Å². The van der Waals surface area contributed by atoms with E-state index in [1.807, 2.05) is 36.4 Å². The number of rotatable bonds is 6. The van der Waals surface area contributed by atoms with Gasteiger partial charge in [0.1, 0.15) is 12.0 Å². The molecule has 0 radical (unpaired) electrons. The van der Waals surface area contributed by atoms with Crippen molar-refractivity contribution < 1.29 is 9.59 Å². The number of aliphatic imine (C=N–C) groups is 1. The number of amides is 2. The van der Waals surface area contributed by atoms with Crippen LogP contribution in [-0.4, -0.2) is 74.1 Å². The van der Waals surface area contributed by atoms with E-state index in [1.165, 1.54) is 4.90 Å². The topological polar surface area (TPSA) is 92.0 Å². The third-order valence-corrected chi connectivity index (χ3v) is 7.46. The van der Waals surface area contributed by atoms with Crippen LogP contribution < -0.4 is 10.2 Å². The zero-order valence-corrected chi connectivity index (χ0v) is 22.7. The molecule has 2 aliphatic rings. The van der Waals surface area contributed by atoms with Gasteiger partial charge >= 0.3 is 0 Å². The first kappa shape index (κ1) is 26.6. The minimum absolute atomic E-state index is 0.0739. The number of nitrogens with zero attached hydrogens (tertiary/aromatic N) is 5. The fourth-order valence-electron chi connectivity index (χ4n) is 4.96. The Hall–Kier alpha value is -4.03. The summed E-state index contributed by atoms with van der Waals surface area (Å²) in [6, 6.07) is 22.2. The Morgan fingerprint density at radius 2 is 1.85 bits per heavy atom. The molecule has 1 N–H and O–H groups in total. The van der Waals surface area contributed by atoms with E-state index in [2.05, 4.69) is 28.2 Å². The number of carbonyl (C=O) groups is 2. The van der Waals surface area contributed by atoms with Crippen molar-refractivity contribution in [3.63, 3.8) is 0 Å². The maximum atomic E-state index is 13.1. The maximum Gasteiger partial charge on any atom is 0.240 e. The zero-order chi connectivity index (χ0) is 27.5. The first-order chi connectivity index (χ1) is 18.8. The molecule has 2 heterocycles. The molecule has 8 nitrogen and oxygen atoms in total. The highest BCUT2D eigenvalue weighted by molar-refractivity contribution is 6.31. The van der Waals surface area contributed by atoms with Crippen LogP contribution in [-0.2, 0) is 9.59 Å². The van der Waals surface area contributed by atoms with Gasteiger partial charge in [-0.15, -0.1) is 0 Å². The van der Waals surface area contributed by atoms with Gasteiger partial charge in [0, 0.05) is 43.9 Å². The van der Waals surface area contributed by atoms with Crippen molar-refractivity contribution in [2.75, 3.05) is 57.0 Å². The van der Waals surface area contributed by atoms with Gasteiger partial charge in [0.25, 0.3) is 0 Å². The van der Waals surface area contributed by atoms with Gasteiger partial charge in [0.05, 0.1) is 29.2 Å². The second-order valence-corrected chi connectivity index (χ2v) is 10.3. The van der Waals surface area contributed by atoms with Crippen LogP contribution in [0.3, 0.4) is 0 Å². The number of hydrogen-bond donors (Lipinski definition) is 1. The molecule has 1 fully saturated rings. The van der Waals surface area contributed by atoms with Gasteiger partial charge < -0.3 is 15.1 Å². The molecule has 39 heavy (non-hydrogen) atoms. The minimum atomic E-state index is -0.641. The van der Waals surface area contributed by atoms with Gasteiger partial charge in [-0.3, -0.25) is 19.5 Å². The summed E-state index contributed by atoms with van der Waals surface area (Å²) >= 11 is 6.16. The number of carbonyl (C=O) groups excluding carboxylic acids is 2. The van der Waals surface area contributed by atoms with E-state index in [0.717, 1.165) is 37.3 Å². The average Bonchev–Trinajstić information content (AvgIpc) is 3.27. The number of piperazine rings is 1. The Morgan fingerprint density at radius 3 is 2.56 bits per heavy atom. The summed E-state index contributed by atoms with van der Waals surface area (Å²) in [7, 11) is 3.77. The van der Waals surface area contributed by atoms with E-state index in [4.69, 9.17) is 16.6 Å². The predicted molar refractivity (Wildman–Crippen MR) is 154 cm³/mol. The number of halogens is 1. The molecule has 1 saturated heterocycles. The van der Waals surface area contributed by atoms with Crippen molar-refractivity contribution in [3.8, 4) is 6.07 Å². The lowest BCUT2D eigenvalue weighted by atomic mass is 9.90. The summed E-state index contributed by atoms with van der Waals surface area (Å²) in [5.74, 6) is -0.908. The van der Waals surface area contributed by atoms with E-state index in [1.54, 1.807) is 37.4 Å². The number of hydrogen-bond acceptors (Lipinski definition) is 6. The van der Waals surface area contributed by atoms with Crippen molar-refractivity contribution >= 4 is 46.2 Å². The van der Waals surface area contributed by atoms with E-state index in [-0.39, 0.29) is 11.8 Å². The minimum Gasteiger partial charge on any atom is -0.325 e. The molecular weight excluding hydrogens is 512 g/mol. The monoisotopic (exact) mass is 540 g/mol. The molecule has 1 atom stereocenters. The molecule has 3 aromatic carbocycles. The summed E-state index contributed by atoms with van der Waals surface area (Å²) in [4.78, 5) is 37.0. The van der Waals surface area contributed by atoms with Gasteiger partial charge in [-0.25, -0.2) is 0 Å². The van der Waals surface area contributed by atoms with Crippen LogP contribution in [0, 0.1) is 11.3 Å². The van der Waals surface area contributed by atoms with Crippen LogP contribution in [0.1, 0.15) is 22.6 Å². The van der Waals surface area contributed by atoms with Crippen LogP contribution in [0.15, 0.2) is 71.7 Å². The summed E-state index contributed by atoms with van der Waals surface area (Å²) in [6.07, 6.45) is 0. The summed E-state index contributed by atoms with van der Waals surface area (Å²) in [6.45, 7) is 3.82. The van der Waals surface area contributed by atoms with Crippen molar-refractivity contribution in [2.45, 2.75) is 5.92 Å². The molecule has 9 heteroatoms. The van der Waals surface area contributed by atoms with E-state index < -0.39 is 5.92 Å². The first-order valence-corrected chi connectivity index (χ1v) is 13.2. The van der Waals surface area contributed by atoms with Crippen LogP contribution in [0.25, 0.3) is 0 Å². The Labute approximate surface area is 233 Å². The summed E-state index contributed by atoms with van der Waals surface area (Å²) in [5, 5.41) is 13.4. The molecule has 1 unspecified atom stereocenters. The molecule has 0 bridgehead atoms. The number of fused-ring (bicyclic) bond motifs is 1. The largest absolute Gasteiger partial charge is 0.325 e. The fraction of sp³-hybridized carbons (Fsp3) is 0.267. The van der Waals surface area contributed by atoms with Gasteiger partial charge in [-0.1, -0.05) is 48.0 Å². The Balaban J connectivity index is 1.47. The molecule has 2 aliphatic heterocycles. The van der Waals surface area contributed by atoms with Crippen molar-refractivity contribution in [1.29, 1.82) is 5.26 Å². The molecule has 3 aromatic rings. The number of anilines is 2. The second-order valence-electron chi connectivity index (χ2n) is 9.86. The van der Waals surface area contributed by atoms with E-state index in [9.17, 15) is 14.9 Å². The standard InChI is InChI=1S/C30H29ClN6O2/c1-35-12-14-37(15-13-35)19-27(38)36(2)26-11-9-23(16-21(26)18-32)33-29(20-6-4-3-5-7-20)28-24-10-8-22(31)17-25(24)34-30(28)39/h3-11,16-17,28H,12-15,19H2,1-2H3,(H,34,39). The third kappa shape index (κ3) is 5.71. The highest BCUT2D eigenvalue weighted by atomic mass is 35.5. The van der Waals surface area contributed by atoms with Crippen LogP contribution in [0.2, 0.25) is 5.02 Å². The molecule has 5 rings (SSSR count). The molecule has 0 spiro atoms. The predicted octanol–water partition coefficient (Wildman–Crippen LogP) is 4.28. The van der Waals surface area contributed by atoms with Gasteiger partial charge in [-0.05, 0) is 48.5 Å². The zero-order valence-electron chi connectivity index (χ0n) is 21.9. The van der Waals surface area contributed by atoms with Gasteiger partial charge in [0.15, 0.2) is 0 Å². The molecule has 0 aromatic heterocycles. The molecule has 198 valence electrons. The lowest BCUT2D eigenvalue weighted by Crippen LogP contribution is -2.48. The Bertz CT molecular complexity index is 1470. The first-order valence-electron chi connectivity index (χ1n) is 12.8. The lowest BCUT2D eigenvalue weighted by Gasteiger charge is -2.32. The quantitative estimate of drug-likeness (QED) is 0.471. The lowest BCUT2D eigenvalue weighted by molar-refractivity contribution is -0.120. The normalized spacial score (nSPS) is 17.8. The highest BCUT2D eigenvalue weighted by Crippen LogP contribution is 2.38. The van der Waals surface area contributed by atoms with E-state index in [0.29, 0.717) is 39.9 Å². The third-order valence-electron chi connectivity index (χ3n) is 7.23. The number of nitriles is 1. The number of likely N-dealkylation sites (N-methyl/N-ethyl adjacent to an activating group) is 2. The van der Waals surface area contributed by atoms with Crippen LogP contribution in [0.5, 0.6) is 0 Å². The Morgan fingerprint density at radius 1 is 1.10 bits per heavy atom. The Kier molecular flexibility index (Phi) is 7.75. The second kappa shape index (κ2) is 11.4. The smallest absolute Gasteiger partial charge is 0.240 e. The molecular formula is C30H29ClN6O2. The van der Waals surface area contributed by atoms with Crippen LogP contribution >= 0.6 is 11.6 Å². The van der Waals surface area contributed by atoms with Gasteiger partial charge in [0.2, 0.25) is 11.8 Å². The van der Waals surface area contributed by atoms with Crippen molar-refractivity contribution in [3.05, 3.63) is 88.4 Å². The van der Waals surface area contributed by atoms with Crippen LogP contribution in [0.4, 0.5) is 17.1 Å². The summed E-state index contributed by atoms with van der Waals surface area (Å²) < 4.78 is 0. The van der Waals surface area contributed by atoms with Gasteiger partial charge in [-0.2, -0.15) is 5.26 Å². The highest BCUT2D eigenvalue weighted by Gasteiger charge is 2.35. The number of benzene rings is 3. The molecule has 0 aliphatic carbocycles. The molecule has 0 saturated carbocycles.